The van der Waals surface area contributed by atoms with Crippen molar-refractivity contribution in [3.8, 4) is 0 Å². The topological polar surface area (TPSA) is 117 Å². The van der Waals surface area contributed by atoms with E-state index in [0.29, 0.717) is 19.4 Å². The van der Waals surface area contributed by atoms with Gasteiger partial charge in [-0.1, -0.05) is 67.6 Å². The Hall–Kier alpha value is -3.23. The molecule has 0 radical (unpaired) electrons. The second-order valence-electron chi connectivity index (χ2n) is 10.1. The molecule has 0 spiro atoms. The van der Waals surface area contributed by atoms with E-state index in [-0.39, 0.29) is 41.8 Å². The molecule has 37 heavy (non-hydrogen) atoms. The fourth-order valence-electron chi connectivity index (χ4n) is 5.79. The summed E-state index contributed by atoms with van der Waals surface area (Å²) in [6.07, 6.45) is 3.47. The molecule has 8 heteroatoms. The molecule has 8 nitrogen and oxygen atoms in total. The molecule has 0 aliphatic carbocycles. The highest BCUT2D eigenvalue weighted by molar-refractivity contribution is 5.94. The molecule has 5 atom stereocenters. The zero-order valence-electron chi connectivity index (χ0n) is 21.7. The lowest BCUT2D eigenvalue weighted by Gasteiger charge is -2.33. The van der Waals surface area contributed by atoms with E-state index in [9.17, 15) is 14.4 Å². The fraction of sp³-hybridized carbons (Fsp3) is 0.483. The van der Waals surface area contributed by atoms with Gasteiger partial charge < -0.3 is 26.6 Å². The van der Waals surface area contributed by atoms with Crippen molar-refractivity contribution in [1.82, 2.24) is 20.9 Å². The third kappa shape index (κ3) is 5.86. The minimum atomic E-state index is -0.739. The van der Waals surface area contributed by atoms with Crippen LogP contribution in [0.3, 0.4) is 0 Å². The van der Waals surface area contributed by atoms with Crippen LogP contribution in [0.2, 0.25) is 0 Å². The molecule has 2 aliphatic heterocycles. The predicted octanol–water partition coefficient (Wildman–Crippen LogP) is 2.10. The minimum Gasteiger partial charge on any atom is -0.343 e. The lowest BCUT2D eigenvalue weighted by Crippen LogP contribution is -2.59. The van der Waals surface area contributed by atoms with Gasteiger partial charge in [0.15, 0.2) is 0 Å². The summed E-state index contributed by atoms with van der Waals surface area (Å²) in [5.74, 6) is -0.757. The second-order valence-corrected chi connectivity index (χ2v) is 10.1. The third-order valence-electron chi connectivity index (χ3n) is 7.89. The van der Waals surface area contributed by atoms with Crippen molar-refractivity contribution in [2.75, 3.05) is 13.6 Å². The molecule has 198 valence electrons. The number of nitrogens with two attached hydrogens (primary N) is 1. The molecule has 2 saturated heterocycles. The van der Waals surface area contributed by atoms with E-state index < -0.39 is 12.1 Å². The average molecular weight is 506 g/mol. The SMILES string of the molecule is CC[C@H](NC)C(=O)N[C@@H]1C(=O)N2[C@@H](CC[C@@H]1CN)CC[C@H]2C(=O)NC(c1ccccc1)c1ccccc1. The molecular formula is C29H39N5O3. The van der Waals surface area contributed by atoms with Gasteiger partial charge in [-0.05, 0) is 56.8 Å². The van der Waals surface area contributed by atoms with Crippen LogP contribution < -0.4 is 21.7 Å². The highest BCUT2D eigenvalue weighted by atomic mass is 16.2. The van der Waals surface area contributed by atoms with Gasteiger partial charge >= 0.3 is 0 Å². The van der Waals surface area contributed by atoms with Crippen molar-refractivity contribution in [2.24, 2.45) is 11.7 Å². The molecule has 0 bridgehead atoms. The first-order valence-electron chi connectivity index (χ1n) is 13.4. The molecule has 2 fully saturated rings. The Kier molecular flexibility index (Phi) is 8.95. The molecule has 0 aromatic heterocycles. The smallest absolute Gasteiger partial charge is 0.246 e. The largest absolute Gasteiger partial charge is 0.343 e. The van der Waals surface area contributed by atoms with Crippen molar-refractivity contribution in [3.05, 3.63) is 71.8 Å². The maximum Gasteiger partial charge on any atom is 0.246 e. The number of carbonyl (C=O) groups is 3. The Balaban J connectivity index is 1.58. The van der Waals surface area contributed by atoms with Crippen LogP contribution >= 0.6 is 0 Å². The number of benzene rings is 2. The van der Waals surface area contributed by atoms with Gasteiger partial charge in [0.2, 0.25) is 17.7 Å². The molecule has 5 N–H and O–H groups in total. The number of hydrogen-bond donors (Lipinski definition) is 4. The van der Waals surface area contributed by atoms with E-state index in [4.69, 9.17) is 5.73 Å². The van der Waals surface area contributed by atoms with Crippen LogP contribution in [0.1, 0.15) is 56.2 Å². The molecule has 0 unspecified atom stereocenters. The molecular weight excluding hydrogens is 466 g/mol. The number of rotatable bonds is 9. The summed E-state index contributed by atoms with van der Waals surface area (Å²) >= 11 is 0. The van der Waals surface area contributed by atoms with E-state index >= 15 is 0 Å². The van der Waals surface area contributed by atoms with Gasteiger partial charge in [-0.25, -0.2) is 0 Å². The summed E-state index contributed by atoms with van der Waals surface area (Å²) < 4.78 is 0. The molecule has 2 heterocycles. The predicted molar refractivity (Wildman–Crippen MR) is 143 cm³/mol. The van der Waals surface area contributed by atoms with Crippen LogP contribution in [-0.2, 0) is 14.4 Å². The van der Waals surface area contributed by atoms with Gasteiger partial charge in [0.05, 0.1) is 12.1 Å². The normalized spacial score (nSPS) is 24.3. The molecule has 2 aromatic rings. The van der Waals surface area contributed by atoms with Crippen molar-refractivity contribution in [1.29, 1.82) is 0 Å². The van der Waals surface area contributed by atoms with Crippen molar-refractivity contribution in [2.45, 2.75) is 69.2 Å². The van der Waals surface area contributed by atoms with Gasteiger partial charge in [-0.15, -0.1) is 0 Å². The van der Waals surface area contributed by atoms with Crippen molar-refractivity contribution in [3.63, 3.8) is 0 Å². The Labute approximate surface area is 219 Å². The van der Waals surface area contributed by atoms with Crippen molar-refractivity contribution < 1.29 is 14.4 Å². The zero-order chi connectivity index (χ0) is 26.4. The third-order valence-corrected chi connectivity index (χ3v) is 7.89. The standard InChI is InChI=1S/C29H39N5O3/c1-3-23(31-2)27(35)33-26-21(18-30)14-15-22-16-17-24(34(22)29(26)37)28(36)32-25(19-10-6-4-7-11-19)20-12-8-5-9-13-20/h4-13,21-26,31H,3,14-18,30H2,1-2H3,(H,32,36)(H,33,35)/t21-,22+,23+,24+,26+/m1/s1. The molecule has 0 saturated carbocycles. The lowest BCUT2D eigenvalue weighted by molar-refractivity contribution is -0.143. The van der Waals surface area contributed by atoms with E-state index in [1.165, 1.54) is 0 Å². The van der Waals surface area contributed by atoms with Crippen LogP contribution in [0.4, 0.5) is 0 Å². The Morgan fingerprint density at radius 3 is 2.11 bits per heavy atom. The van der Waals surface area contributed by atoms with Crippen LogP contribution in [0, 0.1) is 5.92 Å². The number of fused-ring (bicyclic) bond motifs is 1. The number of hydrogen-bond acceptors (Lipinski definition) is 5. The maximum atomic E-state index is 13.9. The fourth-order valence-corrected chi connectivity index (χ4v) is 5.79. The summed E-state index contributed by atoms with van der Waals surface area (Å²) in [4.78, 5) is 42.3. The van der Waals surface area contributed by atoms with Gasteiger partial charge in [0.25, 0.3) is 0 Å². The van der Waals surface area contributed by atoms with Gasteiger partial charge in [0.1, 0.15) is 12.1 Å². The zero-order valence-corrected chi connectivity index (χ0v) is 21.7. The van der Waals surface area contributed by atoms with Crippen molar-refractivity contribution >= 4 is 17.7 Å². The van der Waals surface area contributed by atoms with Crippen LogP contribution in [-0.4, -0.2) is 60.4 Å². The Bertz CT molecular complexity index is 1020. The number of nitrogens with one attached hydrogen (secondary N) is 3. The van der Waals surface area contributed by atoms with Gasteiger partial charge in [0, 0.05) is 12.0 Å². The summed E-state index contributed by atoms with van der Waals surface area (Å²) in [6, 6.07) is 17.6. The molecule has 2 aromatic carbocycles. The lowest BCUT2D eigenvalue weighted by atomic mass is 9.93. The summed E-state index contributed by atoms with van der Waals surface area (Å²) in [6.45, 7) is 2.22. The molecule has 3 amide bonds. The quantitative estimate of drug-likeness (QED) is 0.417. The van der Waals surface area contributed by atoms with E-state index in [0.717, 1.165) is 30.4 Å². The van der Waals surface area contributed by atoms with Gasteiger partial charge in [-0.2, -0.15) is 0 Å². The first kappa shape index (κ1) is 26.8. The Morgan fingerprint density at radius 1 is 0.973 bits per heavy atom. The number of amides is 3. The van der Waals surface area contributed by atoms with E-state index in [1.807, 2.05) is 67.6 Å². The van der Waals surface area contributed by atoms with Crippen LogP contribution in [0.15, 0.2) is 60.7 Å². The molecule has 2 aliphatic rings. The second kappa shape index (κ2) is 12.3. The summed E-state index contributed by atoms with van der Waals surface area (Å²) in [5, 5.41) is 9.20. The van der Waals surface area contributed by atoms with E-state index in [1.54, 1.807) is 11.9 Å². The minimum absolute atomic E-state index is 0.0302. The number of carbonyl (C=O) groups excluding carboxylic acids is 3. The van der Waals surface area contributed by atoms with Crippen LogP contribution in [0.5, 0.6) is 0 Å². The van der Waals surface area contributed by atoms with E-state index in [2.05, 4.69) is 16.0 Å². The molecule has 4 rings (SSSR count). The maximum absolute atomic E-state index is 13.9. The van der Waals surface area contributed by atoms with Gasteiger partial charge in [-0.3, -0.25) is 14.4 Å². The summed E-state index contributed by atoms with van der Waals surface area (Å²) in [7, 11) is 1.73. The van der Waals surface area contributed by atoms with Crippen LogP contribution in [0.25, 0.3) is 0 Å². The number of nitrogens with zero attached hydrogens (tertiary/aromatic N) is 1. The number of likely N-dealkylation sites (N-methyl/N-ethyl adjacent to an activating group) is 1. The summed E-state index contributed by atoms with van der Waals surface area (Å²) in [5.41, 5.74) is 8.02. The average Bonchev–Trinajstić information content (AvgIpc) is 3.31. The Morgan fingerprint density at radius 2 is 1.57 bits per heavy atom. The first-order valence-corrected chi connectivity index (χ1v) is 13.4. The monoisotopic (exact) mass is 505 g/mol. The highest BCUT2D eigenvalue weighted by Gasteiger charge is 2.47. The first-order chi connectivity index (χ1) is 18.0. The highest BCUT2D eigenvalue weighted by Crippen LogP contribution is 2.34.